The molecule has 4 aliphatic heterocycles. The second-order valence-corrected chi connectivity index (χ2v) is 18.9. The highest BCUT2D eigenvalue weighted by molar-refractivity contribution is 5.83. The van der Waals surface area contributed by atoms with Gasteiger partial charge in [-0.05, 0) is 44.1 Å². The molecule has 0 spiro atoms. The number of carbonyl (C=O) groups is 5. The highest BCUT2D eigenvalue weighted by atomic mass is 16.6. The second kappa shape index (κ2) is 21.8. The molecule has 4 aliphatic rings. The van der Waals surface area contributed by atoms with E-state index in [1.807, 2.05) is 46.8 Å². The number of carbonyl (C=O) groups excluding carboxylic acids is 5. The van der Waals surface area contributed by atoms with Crippen LogP contribution in [0.15, 0.2) is 35.5 Å². The summed E-state index contributed by atoms with van der Waals surface area (Å²) < 4.78 is 47.6. The zero-order chi connectivity index (χ0) is 46.2. The minimum atomic E-state index is -2.01. The van der Waals surface area contributed by atoms with Crippen molar-refractivity contribution in [2.75, 3.05) is 14.2 Å². The van der Waals surface area contributed by atoms with Gasteiger partial charge in [-0.2, -0.15) is 0 Å². The summed E-state index contributed by atoms with van der Waals surface area (Å²) in [5.41, 5.74) is -1.10. The van der Waals surface area contributed by atoms with Crippen LogP contribution in [0.2, 0.25) is 0 Å². The number of hydrogen-bond acceptors (Lipinski definition) is 16. The molecule has 0 aliphatic carbocycles. The lowest BCUT2D eigenvalue weighted by Crippen LogP contribution is -2.62. The van der Waals surface area contributed by atoms with Crippen LogP contribution in [0.1, 0.15) is 126 Å². The summed E-state index contributed by atoms with van der Waals surface area (Å²) in [6, 6.07) is 0. The van der Waals surface area contributed by atoms with Crippen LogP contribution >= 0.6 is 0 Å². The second-order valence-electron chi connectivity index (χ2n) is 18.9. The summed E-state index contributed by atoms with van der Waals surface area (Å²) in [5.74, 6) is -5.02. The van der Waals surface area contributed by atoms with Crippen LogP contribution in [0, 0.1) is 16.7 Å². The number of hydrogen-bond donors (Lipinski definition) is 3. The molecule has 11 atom stereocenters. The number of esters is 5. The van der Waals surface area contributed by atoms with Crippen molar-refractivity contribution in [1.29, 1.82) is 0 Å². The van der Waals surface area contributed by atoms with Gasteiger partial charge in [0.1, 0.15) is 18.3 Å². The van der Waals surface area contributed by atoms with Crippen LogP contribution in [0.5, 0.6) is 0 Å². The molecule has 350 valence electrons. The van der Waals surface area contributed by atoms with Gasteiger partial charge in [0.15, 0.2) is 11.9 Å². The molecule has 0 radical (unpaired) electrons. The maximum atomic E-state index is 13.5. The Bertz CT molecular complexity index is 1680. The summed E-state index contributed by atoms with van der Waals surface area (Å²) in [6.07, 6.45) is -2.56. The Balaban J connectivity index is 1.85. The van der Waals surface area contributed by atoms with Gasteiger partial charge >= 0.3 is 29.8 Å². The third-order valence-electron chi connectivity index (χ3n) is 12.2. The number of aliphatic hydroxyl groups is 3. The van der Waals surface area contributed by atoms with Crippen LogP contribution in [0.3, 0.4) is 0 Å². The number of ether oxygens (including phenoxy) is 8. The van der Waals surface area contributed by atoms with E-state index >= 15 is 0 Å². The Morgan fingerprint density at radius 3 is 2.18 bits per heavy atom. The Morgan fingerprint density at radius 1 is 0.871 bits per heavy atom. The Hall–Kier alpha value is -3.67. The van der Waals surface area contributed by atoms with E-state index < -0.39 is 114 Å². The highest BCUT2D eigenvalue weighted by Crippen LogP contribution is 2.49. The average molecular weight is 879 g/mol. The summed E-state index contributed by atoms with van der Waals surface area (Å²) in [5, 5.41) is 34.8. The molecule has 16 heteroatoms. The first-order valence-corrected chi connectivity index (χ1v) is 21.9. The Morgan fingerprint density at radius 2 is 1.55 bits per heavy atom. The normalized spacial score (nSPS) is 35.2. The van der Waals surface area contributed by atoms with Crippen molar-refractivity contribution in [3.8, 4) is 0 Å². The van der Waals surface area contributed by atoms with E-state index in [2.05, 4.69) is 0 Å². The molecule has 0 amide bonds. The van der Waals surface area contributed by atoms with Crippen LogP contribution in [0.25, 0.3) is 0 Å². The fourth-order valence-electron chi connectivity index (χ4n) is 8.66. The zero-order valence-electron chi connectivity index (χ0n) is 38.1. The van der Waals surface area contributed by atoms with Crippen molar-refractivity contribution in [2.45, 2.75) is 193 Å². The van der Waals surface area contributed by atoms with Gasteiger partial charge in [-0.1, -0.05) is 66.2 Å². The van der Waals surface area contributed by atoms with Gasteiger partial charge < -0.3 is 53.2 Å². The molecule has 3 N–H and O–H groups in total. The number of aliphatic hydroxyl groups excluding tert-OH is 2. The van der Waals surface area contributed by atoms with E-state index in [-0.39, 0.29) is 63.7 Å². The summed E-state index contributed by atoms with van der Waals surface area (Å²) >= 11 is 0. The first-order valence-electron chi connectivity index (χ1n) is 21.9. The van der Waals surface area contributed by atoms with E-state index in [0.717, 1.165) is 0 Å². The fraction of sp³-hybridized carbons (Fsp3) is 0.761. The first-order chi connectivity index (χ1) is 29.0. The lowest BCUT2D eigenvalue weighted by Gasteiger charge is -2.53. The van der Waals surface area contributed by atoms with Gasteiger partial charge in [-0.25, -0.2) is 9.59 Å². The molecule has 4 rings (SSSR count). The summed E-state index contributed by atoms with van der Waals surface area (Å²) in [6.45, 7) is 14.3. The van der Waals surface area contributed by atoms with E-state index in [9.17, 15) is 39.3 Å². The van der Waals surface area contributed by atoms with Gasteiger partial charge in [0, 0.05) is 56.1 Å². The first kappa shape index (κ1) is 51.0. The SMILES string of the molecule is CCCC(=O)O[C@H]1/C(=C/C(=O)OC)CC2C[C@H]([C@@H](C)O)OC(=O)C[C@H](O)C[C@@H]3C[C@H](OC(=O)CC(C)C)C(C)(C)[C@](O)(C[C@@H]4C/C(=C/C(=O)OC)C[C@H](/C=C/C(C)(C)C1O2)O4)O3. The zero-order valence-corrected chi connectivity index (χ0v) is 38.1. The fourth-order valence-corrected chi connectivity index (χ4v) is 8.66. The van der Waals surface area contributed by atoms with Crippen molar-refractivity contribution >= 4 is 29.8 Å². The van der Waals surface area contributed by atoms with Crippen LogP contribution < -0.4 is 0 Å². The number of rotatable bonds is 9. The molecule has 4 heterocycles. The lowest BCUT2D eigenvalue weighted by atomic mass is 9.70. The summed E-state index contributed by atoms with van der Waals surface area (Å²) in [4.78, 5) is 65.0. The molecule has 0 aromatic rings. The largest absolute Gasteiger partial charge is 0.466 e. The molecule has 62 heavy (non-hydrogen) atoms. The highest BCUT2D eigenvalue weighted by Gasteiger charge is 2.58. The van der Waals surface area contributed by atoms with Gasteiger partial charge in [-0.3, -0.25) is 14.4 Å². The van der Waals surface area contributed by atoms with Crippen LogP contribution in [-0.2, 0) is 61.9 Å². The maximum Gasteiger partial charge on any atom is 0.330 e. The standard InChI is InChI=1S/C46H70O16/c1-11-12-37(49)61-42-29(20-39(51)56-10)19-32-23-35(27(4)47)59-41(53)22-30(48)21-33-24-36(60-40(52)15-26(2)3)45(7,8)46(54,62-33)25-34-17-28(18-38(50)55-9)16-31(57-34)13-14-44(5,6)43(42)58-32/h13-14,18,20,26-27,30-36,42-43,47-48,54H,11-12,15-17,19,21-25H2,1-10H3/b14-13+,28-18+,29-20+/t27-,30-,31+,32?,33-,34+,35-,36+,42+,43?,46+/m1/s1. The molecule has 6 bridgehead atoms. The van der Waals surface area contributed by atoms with Gasteiger partial charge in [0.25, 0.3) is 0 Å². The van der Waals surface area contributed by atoms with E-state index in [4.69, 9.17) is 37.9 Å². The minimum absolute atomic E-state index is 0.0101. The molecule has 2 unspecified atom stereocenters. The minimum Gasteiger partial charge on any atom is -0.466 e. The Kier molecular flexibility index (Phi) is 17.9. The van der Waals surface area contributed by atoms with Crippen molar-refractivity contribution in [3.05, 3.63) is 35.5 Å². The third-order valence-corrected chi connectivity index (χ3v) is 12.2. The number of methoxy groups -OCH3 is 2. The number of cyclic esters (lactones) is 1. The monoisotopic (exact) mass is 878 g/mol. The molecule has 0 saturated carbocycles. The molecular weight excluding hydrogens is 808 g/mol. The summed E-state index contributed by atoms with van der Waals surface area (Å²) in [7, 11) is 2.51. The molecular formula is C46H70O16. The maximum absolute atomic E-state index is 13.5. The molecule has 16 nitrogen and oxygen atoms in total. The van der Waals surface area contributed by atoms with Gasteiger partial charge in [0.05, 0.1) is 62.7 Å². The predicted molar refractivity (Wildman–Crippen MR) is 223 cm³/mol. The van der Waals surface area contributed by atoms with Crippen molar-refractivity contribution < 1.29 is 77.2 Å². The molecule has 3 saturated heterocycles. The number of fused-ring (bicyclic) bond motifs is 6. The van der Waals surface area contributed by atoms with E-state index in [0.29, 0.717) is 17.6 Å². The van der Waals surface area contributed by atoms with Crippen molar-refractivity contribution in [1.82, 2.24) is 0 Å². The van der Waals surface area contributed by atoms with Crippen molar-refractivity contribution in [2.24, 2.45) is 16.7 Å². The van der Waals surface area contributed by atoms with Crippen molar-refractivity contribution in [3.63, 3.8) is 0 Å². The molecule has 0 aromatic heterocycles. The van der Waals surface area contributed by atoms with Crippen LogP contribution in [0.4, 0.5) is 0 Å². The van der Waals surface area contributed by atoms with Crippen LogP contribution in [-0.4, -0.2) is 126 Å². The lowest BCUT2D eigenvalue weighted by molar-refractivity contribution is -0.349. The van der Waals surface area contributed by atoms with Gasteiger partial charge in [0.2, 0.25) is 0 Å². The Labute approximate surface area is 365 Å². The average Bonchev–Trinajstić information content (AvgIpc) is 3.15. The predicted octanol–water partition coefficient (Wildman–Crippen LogP) is 4.87. The van der Waals surface area contributed by atoms with E-state index in [1.54, 1.807) is 13.8 Å². The smallest absolute Gasteiger partial charge is 0.330 e. The van der Waals surface area contributed by atoms with E-state index in [1.165, 1.54) is 33.3 Å². The topological polar surface area (TPSA) is 220 Å². The van der Waals surface area contributed by atoms with Gasteiger partial charge in [-0.15, -0.1) is 0 Å². The molecule has 3 fully saturated rings. The third kappa shape index (κ3) is 13.7. The molecule has 0 aromatic carbocycles. The quantitative estimate of drug-likeness (QED) is 0.122.